The molecule has 1 rings (SSSR count). The second kappa shape index (κ2) is 7.03. The molecular formula is C8H20N2. The zero-order valence-corrected chi connectivity index (χ0v) is 7.48. The monoisotopic (exact) mass is 144 g/mol. The van der Waals surface area contributed by atoms with Gasteiger partial charge in [0.25, 0.3) is 0 Å². The molecule has 62 valence electrons. The van der Waals surface area contributed by atoms with E-state index in [9.17, 15) is 0 Å². The van der Waals surface area contributed by atoms with Gasteiger partial charge >= 0.3 is 0 Å². The van der Waals surface area contributed by atoms with E-state index in [1.165, 1.54) is 19.5 Å². The van der Waals surface area contributed by atoms with Gasteiger partial charge in [0.15, 0.2) is 0 Å². The van der Waals surface area contributed by atoms with Crippen molar-refractivity contribution < 1.29 is 0 Å². The number of hydrogen-bond donors (Lipinski definition) is 1. The van der Waals surface area contributed by atoms with Crippen LogP contribution < -0.4 is 5.32 Å². The first-order chi connectivity index (χ1) is 4.81. The van der Waals surface area contributed by atoms with E-state index < -0.39 is 0 Å². The first-order valence-electron chi connectivity index (χ1n) is 4.20. The smallest absolute Gasteiger partial charge is 0.0104 e. The molecule has 0 aliphatic carbocycles. The molecule has 1 aliphatic heterocycles. The largest absolute Gasteiger partial charge is 0.314 e. The maximum absolute atomic E-state index is 3.27. The van der Waals surface area contributed by atoms with E-state index in [1.807, 2.05) is 0 Å². The van der Waals surface area contributed by atoms with Gasteiger partial charge in [0.2, 0.25) is 0 Å². The predicted molar refractivity (Wildman–Crippen MR) is 46.3 cm³/mol. The van der Waals surface area contributed by atoms with E-state index in [2.05, 4.69) is 31.1 Å². The van der Waals surface area contributed by atoms with Crippen LogP contribution in [0.1, 0.15) is 20.3 Å². The Morgan fingerprint density at radius 2 is 1.60 bits per heavy atom. The Labute approximate surface area is 64.6 Å². The van der Waals surface area contributed by atoms with Crippen molar-refractivity contribution in [3.63, 3.8) is 0 Å². The number of piperazine rings is 1. The highest BCUT2D eigenvalue weighted by molar-refractivity contribution is 4.62. The molecule has 10 heavy (non-hydrogen) atoms. The summed E-state index contributed by atoms with van der Waals surface area (Å²) >= 11 is 0. The Morgan fingerprint density at radius 1 is 1.20 bits per heavy atom. The summed E-state index contributed by atoms with van der Waals surface area (Å²) in [6.45, 7) is 8.99. The van der Waals surface area contributed by atoms with Crippen molar-refractivity contribution in [1.29, 1.82) is 0 Å². The lowest BCUT2D eigenvalue weighted by Crippen LogP contribution is -2.40. The van der Waals surface area contributed by atoms with Crippen LogP contribution in [0.25, 0.3) is 0 Å². The third-order valence-corrected chi connectivity index (χ3v) is 1.34. The number of rotatable bonds is 0. The molecule has 1 fully saturated rings. The van der Waals surface area contributed by atoms with Crippen LogP contribution >= 0.6 is 0 Å². The minimum absolute atomic E-state index is 1.16. The molecule has 1 heterocycles. The Kier molecular flexibility index (Phi) is 6.98. The van der Waals surface area contributed by atoms with Crippen molar-refractivity contribution >= 4 is 0 Å². The molecule has 0 bridgehead atoms. The molecule has 0 radical (unpaired) electrons. The molecule has 1 aliphatic rings. The van der Waals surface area contributed by atoms with Crippen LogP contribution in [0.3, 0.4) is 0 Å². The highest BCUT2D eigenvalue weighted by Crippen LogP contribution is 1.82. The zero-order valence-electron chi connectivity index (χ0n) is 7.48. The molecule has 1 saturated heterocycles. The minimum atomic E-state index is 1.16. The Morgan fingerprint density at radius 3 is 1.80 bits per heavy atom. The van der Waals surface area contributed by atoms with E-state index in [0.29, 0.717) is 0 Å². The van der Waals surface area contributed by atoms with Crippen LogP contribution in [0.5, 0.6) is 0 Å². The van der Waals surface area contributed by atoms with E-state index in [0.717, 1.165) is 13.1 Å². The van der Waals surface area contributed by atoms with Gasteiger partial charge in [-0.25, -0.2) is 0 Å². The SMILES string of the molecule is CCC.CN1CCNCC1. The summed E-state index contributed by atoms with van der Waals surface area (Å²) in [5.41, 5.74) is 0. The highest BCUT2D eigenvalue weighted by atomic mass is 15.2. The fourth-order valence-corrected chi connectivity index (χ4v) is 0.777. The molecule has 0 aromatic carbocycles. The molecule has 2 nitrogen and oxygen atoms in total. The average Bonchev–Trinajstić information content (AvgIpc) is 1.91. The zero-order chi connectivity index (χ0) is 7.82. The van der Waals surface area contributed by atoms with Crippen LogP contribution in [0.4, 0.5) is 0 Å². The van der Waals surface area contributed by atoms with Crippen molar-refractivity contribution in [2.45, 2.75) is 20.3 Å². The maximum Gasteiger partial charge on any atom is 0.0104 e. The van der Waals surface area contributed by atoms with Gasteiger partial charge < -0.3 is 10.2 Å². The summed E-state index contributed by atoms with van der Waals surface area (Å²) in [5, 5.41) is 3.27. The normalized spacial score (nSPS) is 19.5. The molecule has 0 atom stereocenters. The van der Waals surface area contributed by atoms with Gasteiger partial charge in [0.05, 0.1) is 0 Å². The van der Waals surface area contributed by atoms with E-state index >= 15 is 0 Å². The first kappa shape index (κ1) is 9.92. The van der Waals surface area contributed by atoms with Crippen molar-refractivity contribution in [2.75, 3.05) is 33.2 Å². The van der Waals surface area contributed by atoms with E-state index in [4.69, 9.17) is 0 Å². The Bertz CT molecular complexity index is 58.3. The van der Waals surface area contributed by atoms with E-state index in [1.54, 1.807) is 0 Å². The molecule has 0 spiro atoms. The maximum atomic E-state index is 3.27. The molecule has 0 saturated carbocycles. The summed E-state index contributed by atoms with van der Waals surface area (Å²) in [7, 11) is 2.15. The van der Waals surface area contributed by atoms with Gasteiger partial charge in [-0.05, 0) is 7.05 Å². The second-order valence-corrected chi connectivity index (χ2v) is 2.76. The topological polar surface area (TPSA) is 15.3 Å². The van der Waals surface area contributed by atoms with Crippen molar-refractivity contribution in [1.82, 2.24) is 10.2 Å². The Balaban J connectivity index is 0.000000236. The van der Waals surface area contributed by atoms with E-state index in [-0.39, 0.29) is 0 Å². The lowest BCUT2D eigenvalue weighted by molar-refractivity contribution is 0.291. The molecule has 0 aromatic heterocycles. The lowest BCUT2D eigenvalue weighted by atomic mass is 10.4. The van der Waals surface area contributed by atoms with Gasteiger partial charge in [-0.2, -0.15) is 0 Å². The number of hydrogen-bond acceptors (Lipinski definition) is 2. The summed E-state index contributed by atoms with van der Waals surface area (Å²) in [6.07, 6.45) is 1.25. The fraction of sp³-hybridized carbons (Fsp3) is 1.00. The number of nitrogens with zero attached hydrogens (tertiary/aromatic N) is 1. The van der Waals surface area contributed by atoms with Gasteiger partial charge in [0.1, 0.15) is 0 Å². The van der Waals surface area contributed by atoms with Crippen LogP contribution in [0.15, 0.2) is 0 Å². The predicted octanol–water partition coefficient (Wildman–Crippen LogP) is 0.938. The number of likely N-dealkylation sites (N-methyl/N-ethyl adjacent to an activating group) is 1. The standard InChI is InChI=1S/C5H12N2.C3H8/c1-7-4-2-6-3-5-7;1-3-2/h6H,2-5H2,1H3;3H2,1-2H3. The fourth-order valence-electron chi connectivity index (χ4n) is 0.777. The third-order valence-electron chi connectivity index (χ3n) is 1.34. The van der Waals surface area contributed by atoms with Crippen LogP contribution in [-0.2, 0) is 0 Å². The van der Waals surface area contributed by atoms with Crippen molar-refractivity contribution in [3.8, 4) is 0 Å². The Hall–Kier alpha value is -0.0800. The first-order valence-corrected chi connectivity index (χ1v) is 4.20. The van der Waals surface area contributed by atoms with Gasteiger partial charge in [-0.15, -0.1) is 0 Å². The summed E-state index contributed by atoms with van der Waals surface area (Å²) in [6, 6.07) is 0. The quantitative estimate of drug-likeness (QED) is 0.544. The minimum Gasteiger partial charge on any atom is -0.314 e. The third kappa shape index (κ3) is 6.05. The molecule has 1 N–H and O–H groups in total. The molecule has 0 amide bonds. The molecule has 0 unspecified atom stereocenters. The van der Waals surface area contributed by atoms with Crippen molar-refractivity contribution in [2.24, 2.45) is 0 Å². The highest BCUT2D eigenvalue weighted by Gasteiger charge is 2.01. The summed E-state index contributed by atoms with van der Waals surface area (Å²) in [4.78, 5) is 2.33. The average molecular weight is 144 g/mol. The molecule has 0 aromatic rings. The summed E-state index contributed by atoms with van der Waals surface area (Å²) < 4.78 is 0. The second-order valence-electron chi connectivity index (χ2n) is 2.76. The molecular weight excluding hydrogens is 124 g/mol. The van der Waals surface area contributed by atoms with Crippen molar-refractivity contribution in [3.05, 3.63) is 0 Å². The van der Waals surface area contributed by atoms with Crippen LogP contribution in [-0.4, -0.2) is 38.1 Å². The van der Waals surface area contributed by atoms with Gasteiger partial charge in [0, 0.05) is 26.2 Å². The summed E-state index contributed by atoms with van der Waals surface area (Å²) in [5.74, 6) is 0. The lowest BCUT2D eigenvalue weighted by Gasteiger charge is -2.21. The van der Waals surface area contributed by atoms with Crippen LogP contribution in [0, 0.1) is 0 Å². The van der Waals surface area contributed by atoms with Gasteiger partial charge in [-0.1, -0.05) is 20.3 Å². The molecule has 2 heteroatoms. The van der Waals surface area contributed by atoms with Crippen LogP contribution in [0.2, 0.25) is 0 Å². The van der Waals surface area contributed by atoms with Gasteiger partial charge in [-0.3, -0.25) is 0 Å². The number of nitrogens with one attached hydrogen (secondary N) is 1.